The van der Waals surface area contributed by atoms with Gasteiger partial charge in [0, 0.05) is 7.11 Å². The molecule has 0 saturated heterocycles. The largest absolute Gasteiger partial charge is 0.418 e. The van der Waals surface area contributed by atoms with E-state index in [2.05, 4.69) is 0 Å². The van der Waals surface area contributed by atoms with Gasteiger partial charge in [0.05, 0.1) is 11.3 Å². The third-order valence-electron chi connectivity index (χ3n) is 2.17. The molecule has 0 bridgehead atoms. The van der Waals surface area contributed by atoms with Crippen LogP contribution in [-0.4, -0.2) is 25.6 Å². The number of hydrogen-bond acceptors (Lipinski definition) is 2. The summed E-state index contributed by atoms with van der Waals surface area (Å²) in [6, 6.07) is 4.77. The summed E-state index contributed by atoms with van der Waals surface area (Å²) in [7, 11) is 1.28. The van der Waals surface area contributed by atoms with Crippen molar-refractivity contribution in [1.29, 1.82) is 0 Å². The maximum Gasteiger partial charge on any atom is 0.418 e. The molecule has 1 amide bonds. The highest BCUT2D eigenvalue weighted by molar-refractivity contribution is 6.29. The summed E-state index contributed by atoms with van der Waals surface area (Å²) < 4.78 is 43.1. The molecule has 0 heterocycles. The number of carbonyl (C=O) groups excluding carboxylic acids is 1. The number of halogens is 4. The predicted octanol–water partition coefficient (Wildman–Crippen LogP) is 2.88. The molecule has 1 aromatic rings. The minimum absolute atomic E-state index is 0.266. The molecule has 3 nitrogen and oxygen atoms in total. The van der Waals surface area contributed by atoms with Crippen LogP contribution in [0.5, 0.6) is 0 Å². The van der Waals surface area contributed by atoms with Gasteiger partial charge in [0.25, 0.3) is 0 Å². The lowest BCUT2D eigenvalue weighted by atomic mass is 10.1. The van der Waals surface area contributed by atoms with E-state index in [-0.39, 0.29) is 12.4 Å². The van der Waals surface area contributed by atoms with E-state index in [1.165, 1.54) is 25.3 Å². The van der Waals surface area contributed by atoms with Crippen molar-refractivity contribution in [3.63, 3.8) is 0 Å². The van der Waals surface area contributed by atoms with Gasteiger partial charge < -0.3 is 4.74 Å². The van der Waals surface area contributed by atoms with Gasteiger partial charge >= 0.3 is 6.18 Å². The Morgan fingerprint density at radius 2 is 2.00 bits per heavy atom. The lowest BCUT2D eigenvalue weighted by molar-refractivity contribution is -0.137. The van der Waals surface area contributed by atoms with Gasteiger partial charge in [0.2, 0.25) is 5.91 Å². The Balaban J connectivity index is 3.24. The molecule has 0 spiro atoms. The van der Waals surface area contributed by atoms with E-state index in [4.69, 9.17) is 16.3 Å². The summed E-state index contributed by atoms with van der Waals surface area (Å²) in [6.07, 6.45) is -4.55. The second-order valence-corrected chi connectivity index (χ2v) is 3.66. The van der Waals surface area contributed by atoms with Gasteiger partial charge in [0.1, 0.15) is 12.6 Å². The molecule has 1 aromatic carbocycles. The second-order valence-electron chi connectivity index (χ2n) is 3.39. The number of carbonyl (C=O) groups is 1. The fourth-order valence-corrected chi connectivity index (χ4v) is 1.57. The van der Waals surface area contributed by atoms with Crippen molar-refractivity contribution in [2.45, 2.75) is 6.18 Å². The van der Waals surface area contributed by atoms with E-state index < -0.39 is 23.5 Å². The SMILES string of the molecule is COCN(C(=O)CCl)c1ccccc1C(F)(F)F. The van der Waals surface area contributed by atoms with Crippen LogP contribution in [0.4, 0.5) is 18.9 Å². The molecule has 0 N–H and O–H groups in total. The fourth-order valence-electron chi connectivity index (χ4n) is 1.43. The molecule has 0 radical (unpaired) electrons. The zero-order chi connectivity index (χ0) is 13.8. The lowest BCUT2D eigenvalue weighted by Crippen LogP contribution is -2.35. The van der Waals surface area contributed by atoms with Gasteiger partial charge in [-0.15, -0.1) is 11.6 Å². The maximum atomic E-state index is 12.8. The number of nitrogens with zero attached hydrogens (tertiary/aromatic N) is 1. The van der Waals surface area contributed by atoms with Gasteiger partial charge in [-0.2, -0.15) is 13.2 Å². The zero-order valence-corrected chi connectivity index (χ0v) is 10.3. The summed E-state index contributed by atoms with van der Waals surface area (Å²) in [4.78, 5) is 12.4. The highest BCUT2D eigenvalue weighted by atomic mass is 35.5. The van der Waals surface area contributed by atoms with E-state index in [0.29, 0.717) is 0 Å². The quantitative estimate of drug-likeness (QED) is 0.627. The summed E-state index contributed by atoms with van der Waals surface area (Å²) >= 11 is 5.37. The average Bonchev–Trinajstić information content (AvgIpc) is 2.34. The number of alkyl halides is 4. The first kappa shape index (κ1) is 14.8. The summed E-state index contributed by atoms with van der Waals surface area (Å²) in [5.41, 5.74) is -1.17. The minimum Gasteiger partial charge on any atom is -0.364 e. The van der Waals surface area contributed by atoms with E-state index in [1.54, 1.807) is 0 Å². The molecular formula is C11H11ClF3NO2. The Kier molecular flexibility index (Phi) is 4.98. The highest BCUT2D eigenvalue weighted by Gasteiger charge is 2.35. The van der Waals surface area contributed by atoms with Crippen molar-refractivity contribution < 1.29 is 22.7 Å². The molecule has 0 aliphatic carbocycles. The van der Waals surface area contributed by atoms with Gasteiger partial charge in [-0.3, -0.25) is 9.69 Å². The van der Waals surface area contributed by atoms with Gasteiger partial charge in [-0.25, -0.2) is 0 Å². The molecule has 1 rings (SSSR count). The predicted molar refractivity (Wildman–Crippen MR) is 61.5 cm³/mol. The number of methoxy groups -OCH3 is 1. The second kappa shape index (κ2) is 6.06. The normalized spacial score (nSPS) is 11.4. The number of hydrogen-bond donors (Lipinski definition) is 0. The summed E-state index contributed by atoms with van der Waals surface area (Å²) in [6.45, 7) is -0.293. The highest BCUT2D eigenvalue weighted by Crippen LogP contribution is 2.36. The summed E-state index contributed by atoms with van der Waals surface area (Å²) in [5.74, 6) is -1.08. The van der Waals surface area contributed by atoms with Crippen LogP contribution in [0.1, 0.15) is 5.56 Å². The third-order valence-corrected chi connectivity index (χ3v) is 2.40. The molecule has 100 valence electrons. The lowest BCUT2D eigenvalue weighted by Gasteiger charge is -2.24. The first-order chi connectivity index (χ1) is 8.41. The van der Waals surface area contributed by atoms with E-state index >= 15 is 0 Å². The Hall–Kier alpha value is -1.27. The molecule has 0 unspecified atom stereocenters. The fraction of sp³-hybridized carbons (Fsp3) is 0.364. The molecule has 0 aliphatic rings. The van der Waals surface area contributed by atoms with Crippen molar-refractivity contribution in [1.82, 2.24) is 0 Å². The van der Waals surface area contributed by atoms with E-state index in [0.717, 1.165) is 11.0 Å². The standard InChI is InChI=1S/C11H11ClF3NO2/c1-18-7-16(10(17)6-12)9-5-3-2-4-8(9)11(13,14)15/h2-5H,6-7H2,1H3. The number of para-hydroxylation sites is 1. The van der Waals surface area contributed by atoms with Crippen LogP contribution >= 0.6 is 11.6 Å². The van der Waals surface area contributed by atoms with Crippen molar-refractivity contribution in [2.75, 3.05) is 24.6 Å². The van der Waals surface area contributed by atoms with Crippen LogP contribution in [0.25, 0.3) is 0 Å². The van der Waals surface area contributed by atoms with Crippen molar-refractivity contribution in [3.8, 4) is 0 Å². The van der Waals surface area contributed by atoms with Gasteiger partial charge in [-0.05, 0) is 12.1 Å². The smallest absolute Gasteiger partial charge is 0.364 e. The third kappa shape index (κ3) is 3.36. The first-order valence-electron chi connectivity index (χ1n) is 4.93. The zero-order valence-electron chi connectivity index (χ0n) is 9.50. The van der Waals surface area contributed by atoms with Crippen molar-refractivity contribution in [3.05, 3.63) is 29.8 Å². The number of amides is 1. The molecule has 0 aromatic heterocycles. The maximum absolute atomic E-state index is 12.8. The summed E-state index contributed by atoms with van der Waals surface area (Å²) in [5, 5.41) is 0. The Morgan fingerprint density at radius 3 is 2.50 bits per heavy atom. The van der Waals surface area contributed by atoms with Gasteiger partial charge in [-0.1, -0.05) is 12.1 Å². The van der Waals surface area contributed by atoms with Crippen LogP contribution in [0.2, 0.25) is 0 Å². The Labute approximate surface area is 107 Å². The molecule has 0 atom stereocenters. The van der Waals surface area contributed by atoms with Crippen molar-refractivity contribution in [2.24, 2.45) is 0 Å². The topological polar surface area (TPSA) is 29.5 Å². The van der Waals surface area contributed by atoms with Gasteiger partial charge in [0.15, 0.2) is 0 Å². The van der Waals surface area contributed by atoms with Crippen LogP contribution in [0.15, 0.2) is 24.3 Å². The van der Waals surface area contributed by atoms with E-state index in [1.807, 2.05) is 0 Å². The van der Waals surface area contributed by atoms with Crippen molar-refractivity contribution >= 4 is 23.2 Å². The molecule has 0 fully saturated rings. The number of anilines is 1. The molecule has 18 heavy (non-hydrogen) atoms. The average molecular weight is 282 g/mol. The van der Waals surface area contributed by atoms with E-state index in [9.17, 15) is 18.0 Å². The number of benzene rings is 1. The molecule has 0 saturated carbocycles. The molecular weight excluding hydrogens is 271 g/mol. The Bertz CT molecular complexity index is 423. The first-order valence-corrected chi connectivity index (χ1v) is 5.46. The number of ether oxygens (including phenoxy) is 1. The number of rotatable bonds is 4. The van der Waals surface area contributed by atoms with Crippen LogP contribution in [0, 0.1) is 0 Å². The van der Waals surface area contributed by atoms with Crippen LogP contribution < -0.4 is 4.90 Å². The molecule has 0 aliphatic heterocycles. The molecule has 7 heteroatoms. The Morgan fingerprint density at radius 1 is 1.39 bits per heavy atom. The van der Waals surface area contributed by atoms with Crippen LogP contribution in [-0.2, 0) is 15.7 Å². The monoisotopic (exact) mass is 281 g/mol. The minimum atomic E-state index is -4.55. The van der Waals surface area contributed by atoms with Crippen LogP contribution in [0.3, 0.4) is 0 Å².